The highest BCUT2D eigenvalue weighted by atomic mass is 16.2. The average molecular weight is 457 g/mol. The molecule has 4 aromatic heterocycles. The molecule has 2 fully saturated rings. The van der Waals surface area contributed by atoms with E-state index < -0.39 is 0 Å². The van der Waals surface area contributed by atoms with Crippen molar-refractivity contribution in [1.29, 1.82) is 0 Å². The molecule has 1 aliphatic heterocycles. The number of nitrogens with zero attached hydrogens (tertiary/aromatic N) is 5. The summed E-state index contributed by atoms with van der Waals surface area (Å²) in [6.07, 6.45) is 9.50. The van der Waals surface area contributed by atoms with Crippen LogP contribution >= 0.6 is 0 Å². The lowest BCUT2D eigenvalue weighted by molar-refractivity contribution is -0.130. The van der Waals surface area contributed by atoms with Crippen LogP contribution in [-0.4, -0.2) is 61.4 Å². The molecule has 3 N–H and O–H groups in total. The van der Waals surface area contributed by atoms with Gasteiger partial charge in [0.1, 0.15) is 11.5 Å². The molecule has 1 amide bonds. The Kier molecular flexibility index (Phi) is 5.24. The van der Waals surface area contributed by atoms with E-state index in [0.717, 1.165) is 77.8 Å². The number of rotatable bonds is 5. The third-order valence-electron chi connectivity index (χ3n) is 7.08. The Morgan fingerprint density at radius 2 is 1.94 bits per heavy atom. The number of carbonyl (C=O) groups excluding carboxylic acids is 1. The first-order valence-corrected chi connectivity index (χ1v) is 12.0. The van der Waals surface area contributed by atoms with Crippen LogP contribution in [0.25, 0.3) is 33.3 Å². The van der Waals surface area contributed by atoms with Gasteiger partial charge in [-0.2, -0.15) is 9.97 Å². The number of pyridine rings is 2. The molecule has 9 nitrogen and oxygen atoms in total. The first-order valence-electron chi connectivity index (χ1n) is 12.0. The van der Waals surface area contributed by atoms with Crippen molar-refractivity contribution < 1.29 is 4.79 Å². The molecule has 0 atom stereocenters. The van der Waals surface area contributed by atoms with Gasteiger partial charge < -0.3 is 20.5 Å². The van der Waals surface area contributed by atoms with E-state index in [-0.39, 0.29) is 0 Å². The van der Waals surface area contributed by atoms with E-state index in [1.807, 2.05) is 37.5 Å². The van der Waals surface area contributed by atoms with E-state index in [1.165, 1.54) is 0 Å². The maximum atomic E-state index is 12.1. The van der Waals surface area contributed by atoms with Crippen molar-refractivity contribution >= 4 is 39.7 Å². The number of H-pyrrole nitrogens is 1. The summed E-state index contributed by atoms with van der Waals surface area (Å²) < 4.78 is 0. The van der Waals surface area contributed by atoms with Crippen LogP contribution in [0, 0.1) is 0 Å². The zero-order valence-corrected chi connectivity index (χ0v) is 19.2. The molecule has 0 spiro atoms. The lowest BCUT2D eigenvalue weighted by Gasteiger charge is -2.34. The molecule has 1 aliphatic carbocycles. The highest BCUT2D eigenvalue weighted by Crippen LogP contribution is 2.33. The van der Waals surface area contributed by atoms with Crippen molar-refractivity contribution in [2.75, 3.05) is 24.2 Å². The molecule has 5 heterocycles. The van der Waals surface area contributed by atoms with Crippen LogP contribution in [0.4, 0.5) is 11.8 Å². The quantitative estimate of drug-likeness (QED) is 0.417. The van der Waals surface area contributed by atoms with Gasteiger partial charge >= 0.3 is 0 Å². The third-order valence-corrected chi connectivity index (χ3v) is 7.08. The lowest BCUT2D eigenvalue weighted by Crippen LogP contribution is -2.41. The molecular formula is C25H28N8O. The fourth-order valence-corrected chi connectivity index (χ4v) is 5.36. The van der Waals surface area contributed by atoms with Gasteiger partial charge in [-0.3, -0.25) is 9.78 Å². The van der Waals surface area contributed by atoms with Crippen molar-refractivity contribution in [3.05, 3.63) is 36.7 Å². The van der Waals surface area contributed by atoms with E-state index in [2.05, 4.69) is 25.5 Å². The summed E-state index contributed by atoms with van der Waals surface area (Å²) in [5, 5.41) is 7.69. The Hall–Kier alpha value is -3.75. The fourth-order valence-electron chi connectivity index (χ4n) is 5.36. The predicted molar refractivity (Wildman–Crippen MR) is 133 cm³/mol. The Morgan fingerprint density at radius 3 is 2.74 bits per heavy atom. The van der Waals surface area contributed by atoms with Crippen LogP contribution in [0.3, 0.4) is 0 Å². The van der Waals surface area contributed by atoms with Gasteiger partial charge in [0, 0.05) is 50.1 Å². The smallest absolute Gasteiger partial charge is 0.226 e. The molecular weight excluding hydrogens is 428 g/mol. The molecule has 2 aliphatic rings. The van der Waals surface area contributed by atoms with Crippen LogP contribution in [0.5, 0.6) is 0 Å². The Balaban J connectivity index is 1.23. The van der Waals surface area contributed by atoms with E-state index in [9.17, 15) is 4.79 Å². The molecule has 0 unspecified atom stereocenters. The van der Waals surface area contributed by atoms with E-state index in [1.54, 1.807) is 6.20 Å². The van der Waals surface area contributed by atoms with Crippen molar-refractivity contribution in [3.63, 3.8) is 0 Å². The van der Waals surface area contributed by atoms with Crippen LogP contribution in [0.2, 0.25) is 0 Å². The number of amides is 1. The molecule has 4 aromatic rings. The van der Waals surface area contributed by atoms with Crippen molar-refractivity contribution in [1.82, 2.24) is 29.8 Å². The molecule has 6 rings (SSSR count). The first kappa shape index (κ1) is 20.8. The molecule has 0 radical (unpaired) electrons. The Bertz CT molecular complexity index is 1360. The van der Waals surface area contributed by atoms with E-state index in [4.69, 9.17) is 15.0 Å². The number of carbonyl (C=O) groups is 1. The van der Waals surface area contributed by atoms with Gasteiger partial charge in [-0.1, -0.05) is 0 Å². The summed E-state index contributed by atoms with van der Waals surface area (Å²) in [4.78, 5) is 36.2. The zero-order valence-electron chi connectivity index (χ0n) is 19.2. The van der Waals surface area contributed by atoms with E-state index in [0.29, 0.717) is 30.4 Å². The molecule has 1 saturated carbocycles. The molecule has 34 heavy (non-hydrogen) atoms. The van der Waals surface area contributed by atoms with Gasteiger partial charge in [-0.15, -0.1) is 0 Å². The molecule has 174 valence electrons. The maximum Gasteiger partial charge on any atom is 0.226 e. The minimum absolute atomic E-state index is 0.306. The minimum atomic E-state index is 0.306. The maximum absolute atomic E-state index is 12.1. The summed E-state index contributed by atoms with van der Waals surface area (Å²) in [6, 6.07) is 8.52. The normalized spacial score (nSPS) is 20.9. The molecule has 1 saturated heterocycles. The topological polar surface area (TPSA) is 112 Å². The van der Waals surface area contributed by atoms with E-state index >= 15 is 0 Å². The molecule has 0 aromatic carbocycles. The number of aromatic amines is 1. The third kappa shape index (κ3) is 3.70. The number of likely N-dealkylation sites (tertiary alicyclic amines) is 1. The second kappa shape index (κ2) is 8.55. The summed E-state index contributed by atoms with van der Waals surface area (Å²) in [5.41, 5.74) is 4.29. The average Bonchev–Trinajstić information content (AvgIpc) is 3.50. The number of hydrogen-bond donors (Lipinski definition) is 3. The number of nitrogens with one attached hydrogen (secondary N) is 3. The van der Waals surface area contributed by atoms with Crippen molar-refractivity contribution in [3.8, 4) is 11.3 Å². The summed E-state index contributed by atoms with van der Waals surface area (Å²) in [7, 11) is 1.87. The van der Waals surface area contributed by atoms with Crippen molar-refractivity contribution in [2.24, 2.45) is 0 Å². The van der Waals surface area contributed by atoms with Gasteiger partial charge in [0.2, 0.25) is 11.9 Å². The number of aromatic nitrogens is 5. The van der Waals surface area contributed by atoms with Crippen LogP contribution < -0.4 is 10.6 Å². The van der Waals surface area contributed by atoms with Gasteiger partial charge in [0.25, 0.3) is 0 Å². The van der Waals surface area contributed by atoms with Crippen molar-refractivity contribution in [2.45, 2.75) is 50.6 Å². The Labute approximate surface area is 197 Å². The fraction of sp³-hybridized carbons (Fsp3) is 0.400. The second-order valence-corrected chi connectivity index (χ2v) is 9.15. The highest BCUT2D eigenvalue weighted by Gasteiger charge is 2.31. The summed E-state index contributed by atoms with van der Waals surface area (Å²) in [6.45, 7) is 0.921. The number of fused-ring (bicyclic) bond motifs is 2. The SMILES string of the molecule is CNc1nc(NC2CCC(N3CCCC3=O)CC2)nc2[nH]cc(-c3ccc4ncccc4n3)c12. The van der Waals surface area contributed by atoms with Gasteiger partial charge in [0.15, 0.2) is 0 Å². The van der Waals surface area contributed by atoms with Gasteiger partial charge in [-0.05, 0) is 56.4 Å². The predicted octanol–water partition coefficient (Wildman–Crippen LogP) is 3.96. The monoisotopic (exact) mass is 456 g/mol. The van der Waals surface area contributed by atoms with Gasteiger partial charge in [-0.25, -0.2) is 4.98 Å². The molecule has 0 bridgehead atoms. The first-order chi connectivity index (χ1) is 16.7. The van der Waals surface area contributed by atoms with Crippen LogP contribution in [0.15, 0.2) is 36.7 Å². The standard InChI is InChI=1S/C25H28N8O/c1-26-23-22-17(18-10-11-19-20(30-18)4-2-12-27-19)14-28-24(22)32-25(31-23)29-15-6-8-16(9-7-15)33-13-3-5-21(33)34/h2,4,10-12,14-16H,3,5-9,13H2,1H3,(H3,26,28,29,31,32). The second-order valence-electron chi connectivity index (χ2n) is 9.15. The summed E-state index contributed by atoms with van der Waals surface area (Å²) in [5.74, 6) is 1.69. The molecule has 9 heteroatoms. The minimum Gasteiger partial charge on any atom is -0.372 e. The largest absolute Gasteiger partial charge is 0.372 e. The summed E-state index contributed by atoms with van der Waals surface area (Å²) >= 11 is 0. The highest BCUT2D eigenvalue weighted by molar-refractivity contribution is 6.01. The number of anilines is 2. The van der Waals surface area contributed by atoms with Gasteiger partial charge in [0.05, 0.1) is 22.1 Å². The Morgan fingerprint density at radius 1 is 1.06 bits per heavy atom. The zero-order chi connectivity index (χ0) is 23.1. The number of hydrogen-bond acceptors (Lipinski definition) is 7. The van der Waals surface area contributed by atoms with Crippen LogP contribution in [-0.2, 0) is 4.79 Å². The lowest BCUT2D eigenvalue weighted by atomic mass is 9.90. The van der Waals surface area contributed by atoms with Crippen LogP contribution in [0.1, 0.15) is 38.5 Å².